The molecule has 6 nitrogen and oxygen atoms in total. The van der Waals surface area contributed by atoms with Crippen molar-refractivity contribution in [3.8, 4) is 0 Å². The molecule has 1 aliphatic carbocycles. The van der Waals surface area contributed by atoms with E-state index in [1.807, 2.05) is 0 Å². The Balaban J connectivity index is 2.12. The first-order valence-electron chi connectivity index (χ1n) is 7.58. The fourth-order valence-electron chi connectivity index (χ4n) is 3.38. The van der Waals surface area contributed by atoms with E-state index in [9.17, 15) is 19.8 Å². The van der Waals surface area contributed by atoms with Crippen LogP contribution in [0.2, 0.25) is 0 Å². The third-order valence-electron chi connectivity index (χ3n) is 4.36. The van der Waals surface area contributed by atoms with Gasteiger partial charge < -0.3 is 14.9 Å². The van der Waals surface area contributed by atoms with Crippen LogP contribution in [0.25, 0.3) is 0 Å². The van der Waals surface area contributed by atoms with Gasteiger partial charge in [-0.2, -0.15) is 0 Å². The Kier molecular flexibility index (Phi) is 4.46. The molecule has 1 saturated carbocycles. The van der Waals surface area contributed by atoms with E-state index >= 15 is 0 Å². The first-order valence-corrected chi connectivity index (χ1v) is 7.58. The maximum absolute atomic E-state index is 12.3. The number of hydrogen-bond acceptors (Lipinski definition) is 4. The molecule has 1 amide bonds. The molecule has 0 radical (unpaired) electrons. The average molecular weight is 299 g/mol. The Hall–Kier alpha value is -1.30. The van der Waals surface area contributed by atoms with Crippen LogP contribution in [0.15, 0.2) is 0 Å². The Labute approximate surface area is 125 Å². The molecule has 4 atom stereocenters. The largest absolute Gasteiger partial charge is 0.480 e. The van der Waals surface area contributed by atoms with Crippen molar-refractivity contribution in [1.29, 1.82) is 0 Å². The average Bonchev–Trinajstić information content (AvgIpc) is 2.34. The third kappa shape index (κ3) is 3.87. The number of carboxylic acid groups (broad SMARTS) is 1. The Morgan fingerprint density at radius 3 is 2.38 bits per heavy atom. The molecule has 2 aliphatic rings. The summed E-state index contributed by atoms with van der Waals surface area (Å²) >= 11 is 0. The summed E-state index contributed by atoms with van der Waals surface area (Å²) in [5.74, 6) is -0.565. The zero-order valence-electron chi connectivity index (χ0n) is 12.9. The number of carbonyl (C=O) groups is 2. The number of nitrogens with zero attached hydrogens (tertiary/aromatic N) is 1. The lowest BCUT2D eigenvalue weighted by Gasteiger charge is -2.45. The zero-order chi connectivity index (χ0) is 15.8. The summed E-state index contributed by atoms with van der Waals surface area (Å²) in [6.45, 7) is 5.71. The van der Waals surface area contributed by atoms with Gasteiger partial charge in [-0.1, -0.05) is 0 Å². The van der Waals surface area contributed by atoms with E-state index in [4.69, 9.17) is 4.74 Å². The van der Waals surface area contributed by atoms with Gasteiger partial charge in [-0.15, -0.1) is 0 Å². The second-order valence-electron chi connectivity index (χ2n) is 7.21. The number of aliphatic hydroxyl groups excluding tert-OH is 1. The monoisotopic (exact) mass is 299 g/mol. The van der Waals surface area contributed by atoms with Crippen LogP contribution in [0.5, 0.6) is 0 Å². The summed E-state index contributed by atoms with van der Waals surface area (Å²) < 4.78 is 5.33. The maximum Gasteiger partial charge on any atom is 0.411 e. The highest BCUT2D eigenvalue weighted by molar-refractivity contribution is 5.80. The minimum atomic E-state index is -1.00. The minimum absolute atomic E-state index is 0.175. The summed E-state index contributed by atoms with van der Waals surface area (Å²) in [5, 5.41) is 19.1. The van der Waals surface area contributed by atoms with Gasteiger partial charge >= 0.3 is 12.1 Å². The standard InChI is InChI=1S/C15H25NO5/c1-15(2,3)21-14(20)16-8-9-4-5-11(17)6-10(9)7-12(16)13(18)19/h9-12,17H,4-8H2,1-3H3,(H,18,19)/t9-,10-,11-,12-/m0/s1. The topological polar surface area (TPSA) is 87.1 Å². The highest BCUT2D eigenvalue weighted by Crippen LogP contribution is 2.39. The van der Waals surface area contributed by atoms with E-state index in [2.05, 4.69) is 0 Å². The summed E-state index contributed by atoms with van der Waals surface area (Å²) in [6, 6.07) is -0.855. The number of aliphatic hydroxyl groups is 1. The number of fused-ring (bicyclic) bond motifs is 1. The van der Waals surface area contributed by atoms with Crippen LogP contribution < -0.4 is 0 Å². The lowest BCUT2D eigenvalue weighted by molar-refractivity contribution is -0.147. The molecule has 6 heteroatoms. The van der Waals surface area contributed by atoms with Crippen molar-refractivity contribution in [3.05, 3.63) is 0 Å². The van der Waals surface area contributed by atoms with Gasteiger partial charge in [0.2, 0.25) is 0 Å². The van der Waals surface area contributed by atoms with Crippen molar-refractivity contribution in [1.82, 2.24) is 4.90 Å². The van der Waals surface area contributed by atoms with E-state index in [0.717, 1.165) is 12.8 Å². The molecule has 0 unspecified atom stereocenters. The van der Waals surface area contributed by atoms with E-state index in [1.54, 1.807) is 20.8 Å². The van der Waals surface area contributed by atoms with Crippen LogP contribution in [-0.4, -0.2) is 51.5 Å². The fourth-order valence-corrected chi connectivity index (χ4v) is 3.38. The SMILES string of the molecule is CC(C)(C)OC(=O)N1C[C@@H]2CC[C@H](O)C[C@H]2C[C@H]1C(=O)O. The molecule has 120 valence electrons. The van der Waals surface area contributed by atoms with Crippen LogP contribution >= 0.6 is 0 Å². The molecule has 0 aromatic rings. The van der Waals surface area contributed by atoms with Crippen LogP contribution in [0.3, 0.4) is 0 Å². The number of ether oxygens (including phenoxy) is 1. The van der Waals surface area contributed by atoms with Gasteiger partial charge in [-0.3, -0.25) is 4.90 Å². The molecule has 2 fully saturated rings. The molecule has 0 spiro atoms. The number of piperidine rings is 1. The molecular formula is C15H25NO5. The van der Waals surface area contributed by atoms with Gasteiger partial charge in [0.1, 0.15) is 11.6 Å². The molecule has 0 aromatic carbocycles. The molecule has 2 N–H and O–H groups in total. The molecule has 0 aromatic heterocycles. The molecule has 1 aliphatic heterocycles. The minimum Gasteiger partial charge on any atom is -0.480 e. The molecule has 2 rings (SSSR count). The second-order valence-corrected chi connectivity index (χ2v) is 7.21. The first-order chi connectivity index (χ1) is 9.67. The number of amides is 1. The highest BCUT2D eigenvalue weighted by atomic mass is 16.6. The first kappa shape index (κ1) is 16.1. The Morgan fingerprint density at radius 1 is 1.14 bits per heavy atom. The molecule has 0 bridgehead atoms. The summed E-state index contributed by atoms with van der Waals surface area (Å²) in [4.78, 5) is 25.1. The Bertz CT molecular complexity index is 417. The van der Waals surface area contributed by atoms with Crippen molar-refractivity contribution in [3.63, 3.8) is 0 Å². The number of carbonyl (C=O) groups excluding carboxylic acids is 1. The summed E-state index contributed by atoms with van der Waals surface area (Å²) in [5.41, 5.74) is -0.639. The predicted octanol–water partition coefficient (Wildman–Crippen LogP) is 1.86. The van der Waals surface area contributed by atoms with Crippen molar-refractivity contribution >= 4 is 12.1 Å². The summed E-state index contributed by atoms with van der Waals surface area (Å²) in [7, 11) is 0. The van der Waals surface area contributed by atoms with E-state index in [1.165, 1.54) is 4.90 Å². The number of aliphatic carboxylic acids is 1. The van der Waals surface area contributed by atoms with Gasteiger partial charge in [0.15, 0.2) is 0 Å². The molecule has 1 saturated heterocycles. The third-order valence-corrected chi connectivity index (χ3v) is 4.36. The van der Waals surface area contributed by atoms with Gasteiger partial charge in [-0.05, 0) is 58.3 Å². The normalized spacial score (nSPS) is 33.2. The van der Waals surface area contributed by atoms with Crippen LogP contribution in [0, 0.1) is 11.8 Å². The Morgan fingerprint density at radius 2 is 1.81 bits per heavy atom. The lowest BCUT2D eigenvalue weighted by Crippen LogP contribution is -2.55. The van der Waals surface area contributed by atoms with Gasteiger partial charge in [0.25, 0.3) is 0 Å². The van der Waals surface area contributed by atoms with E-state index in [0.29, 0.717) is 19.4 Å². The zero-order valence-corrected chi connectivity index (χ0v) is 12.9. The fraction of sp³-hybridized carbons (Fsp3) is 0.867. The number of hydrogen-bond donors (Lipinski definition) is 2. The van der Waals surface area contributed by atoms with Gasteiger partial charge in [0.05, 0.1) is 6.10 Å². The van der Waals surface area contributed by atoms with E-state index in [-0.39, 0.29) is 17.9 Å². The maximum atomic E-state index is 12.3. The van der Waals surface area contributed by atoms with Crippen LogP contribution in [0.1, 0.15) is 46.5 Å². The molecule has 21 heavy (non-hydrogen) atoms. The quantitative estimate of drug-likeness (QED) is 0.771. The summed E-state index contributed by atoms with van der Waals surface area (Å²) in [6.07, 6.45) is 1.69. The highest BCUT2D eigenvalue weighted by Gasteiger charge is 2.44. The van der Waals surface area contributed by atoms with Crippen molar-refractivity contribution in [2.24, 2.45) is 11.8 Å². The van der Waals surface area contributed by atoms with E-state index < -0.39 is 23.7 Å². The lowest BCUT2D eigenvalue weighted by atomic mass is 9.72. The second kappa shape index (κ2) is 5.83. The number of likely N-dealkylation sites (tertiary alicyclic amines) is 1. The van der Waals surface area contributed by atoms with Gasteiger partial charge in [-0.25, -0.2) is 9.59 Å². The van der Waals surface area contributed by atoms with Crippen molar-refractivity contribution < 1.29 is 24.5 Å². The number of rotatable bonds is 1. The van der Waals surface area contributed by atoms with Crippen LogP contribution in [0.4, 0.5) is 4.79 Å². The van der Waals surface area contributed by atoms with Crippen molar-refractivity contribution in [2.75, 3.05) is 6.54 Å². The van der Waals surface area contributed by atoms with Crippen molar-refractivity contribution in [2.45, 2.75) is 64.2 Å². The predicted molar refractivity (Wildman–Crippen MR) is 75.8 cm³/mol. The molecular weight excluding hydrogens is 274 g/mol. The number of carboxylic acids is 1. The van der Waals surface area contributed by atoms with Crippen LogP contribution in [-0.2, 0) is 9.53 Å². The van der Waals surface area contributed by atoms with Gasteiger partial charge in [0, 0.05) is 6.54 Å². The molecule has 1 heterocycles. The smallest absolute Gasteiger partial charge is 0.411 e.